The van der Waals surface area contributed by atoms with Crippen molar-refractivity contribution < 1.29 is 19.1 Å². The average molecular weight is 343 g/mol. The zero-order chi connectivity index (χ0) is 17.4. The molecule has 0 aromatic heterocycles. The Morgan fingerprint density at radius 1 is 1.28 bits per heavy atom. The number of nitrogens with zero attached hydrogens (tertiary/aromatic N) is 1. The number of methoxy groups -OCH3 is 1. The van der Waals surface area contributed by atoms with Gasteiger partial charge >= 0.3 is 0 Å². The van der Waals surface area contributed by atoms with Crippen molar-refractivity contribution in [3.63, 3.8) is 0 Å². The minimum absolute atomic E-state index is 0.0459. The molecule has 134 valence electrons. The molecule has 1 saturated heterocycles. The van der Waals surface area contributed by atoms with Crippen molar-refractivity contribution in [2.45, 2.75) is 44.1 Å². The van der Waals surface area contributed by atoms with Crippen LogP contribution in [0.1, 0.15) is 42.7 Å². The third kappa shape index (κ3) is 2.95. The van der Waals surface area contributed by atoms with Gasteiger partial charge in [-0.15, -0.1) is 0 Å². The van der Waals surface area contributed by atoms with Crippen molar-refractivity contribution in [3.05, 3.63) is 29.3 Å². The van der Waals surface area contributed by atoms with Crippen LogP contribution in [-0.4, -0.2) is 49.5 Å². The van der Waals surface area contributed by atoms with Crippen LogP contribution in [0.4, 0.5) is 0 Å². The first-order chi connectivity index (χ1) is 12.2. The predicted octanol–water partition coefficient (Wildman–Crippen LogP) is 2.32. The first kappa shape index (κ1) is 16.6. The number of hydrogen-bond donors (Lipinski definition) is 0. The molecule has 0 bridgehead atoms. The van der Waals surface area contributed by atoms with E-state index in [4.69, 9.17) is 9.47 Å². The summed E-state index contributed by atoms with van der Waals surface area (Å²) in [4.78, 5) is 27.5. The molecule has 1 heterocycles. The molecule has 5 nitrogen and oxygen atoms in total. The Kier molecular flexibility index (Phi) is 4.50. The zero-order valence-corrected chi connectivity index (χ0v) is 14.7. The maximum atomic E-state index is 13.4. The highest BCUT2D eigenvalue weighted by molar-refractivity contribution is 5.88. The lowest BCUT2D eigenvalue weighted by molar-refractivity contribution is -0.145. The second-order valence-corrected chi connectivity index (χ2v) is 7.29. The molecule has 25 heavy (non-hydrogen) atoms. The highest BCUT2D eigenvalue weighted by Gasteiger charge is 2.42. The van der Waals surface area contributed by atoms with Crippen molar-refractivity contribution in [1.82, 2.24) is 4.90 Å². The third-order valence-corrected chi connectivity index (χ3v) is 5.99. The van der Waals surface area contributed by atoms with Crippen LogP contribution in [-0.2, 0) is 20.7 Å². The van der Waals surface area contributed by atoms with Gasteiger partial charge in [0, 0.05) is 18.9 Å². The predicted molar refractivity (Wildman–Crippen MR) is 92.7 cm³/mol. The molecule has 4 rings (SSSR count). The minimum atomic E-state index is -0.123. The number of carbonyl (C=O) groups is 2. The van der Waals surface area contributed by atoms with Gasteiger partial charge < -0.3 is 14.4 Å². The molecule has 2 fully saturated rings. The first-order valence-corrected chi connectivity index (χ1v) is 9.27. The number of hydrogen-bond acceptors (Lipinski definition) is 4. The largest absolute Gasteiger partial charge is 0.497 e. The van der Waals surface area contributed by atoms with E-state index in [2.05, 4.69) is 6.07 Å². The van der Waals surface area contributed by atoms with E-state index >= 15 is 0 Å². The minimum Gasteiger partial charge on any atom is -0.497 e. The second kappa shape index (κ2) is 6.79. The SMILES string of the molecule is COc1ccc2c(c1)C(C(=O)N1CCOCC1C1CCCC1=O)CC2. The Hall–Kier alpha value is -1.88. The summed E-state index contributed by atoms with van der Waals surface area (Å²) in [6, 6.07) is 5.94. The number of aryl methyl sites for hydroxylation is 1. The molecule has 0 N–H and O–H groups in total. The molecule has 1 aromatic carbocycles. The van der Waals surface area contributed by atoms with E-state index in [0.717, 1.165) is 37.0 Å². The average Bonchev–Trinajstić information content (AvgIpc) is 3.26. The van der Waals surface area contributed by atoms with Crippen LogP contribution in [0.25, 0.3) is 0 Å². The van der Waals surface area contributed by atoms with E-state index in [0.29, 0.717) is 32.0 Å². The van der Waals surface area contributed by atoms with Crippen molar-refractivity contribution >= 4 is 11.7 Å². The van der Waals surface area contributed by atoms with Crippen LogP contribution in [0.3, 0.4) is 0 Å². The molecule has 0 radical (unpaired) electrons. The van der Waals surface area contributed by atoms with E-state index in [1.165, 1.54) is 5.56 Å². The molecule has 0 spiro atoms. The van der Waals surface area contributed by atoms with Crippen LogP contribution < -0.4 is 4.74 Å². The summed E-state index contributed by atoms with van der Waals surface area (Å²) in [6.45, 7) is 1.63. The Labute approximate surface area is 148 Å². The summed E-state index contributed by atoms with van der Waals surface area (Å²) in [7, 11) is 1.65. The summed E-state index contributed by atoms with van der Waals surface area (Å²) < 4.78 is 11.0. The van der Waals surface area contributed by atoms with Gasteiger partial charge in [0.25, 0.3) is 0 Å². The van der Waals surface area contributed by atoms with Crippen LogP contribution in [0.5, 0.6) is 5.75 Å². The Bertz CT molecular complexity index is 686. The van der Waals surface area contributed by atoms with E-state index in [-0.39, 0.29) is 23.8 Å². The van der Waals surface area contributed by atoms with Gasteiger partial charge in [0.1, 0.15) is 11.5 Å². The number of fused-ring (bicyclic) bond motifs is 1. The van der Waals surface area contributed by atoms with E-state index in [9.17, 15) is 9.59 Å². The fourth-order valence-electron chi connectivity index (χ4n) is 4.64. The van der Waals surface area contributed by atoms with E-state index < -0.39 is 0 Å². The van der Waals surface area contributed by atoms with Crippen molar-refractivity contribution in [2.75, 3.05) is 26.9 Å². The molecular weight excluding hydrogens is 318 g/mol. The van der Waals surface area contributed by atoms with Gasteiger partial charge in [-0.1, -0.05) is 6.07 Å². The highest BCUT2D eigenvalue weighted by Crippen LogP contribution is 2.38. The van der Waals surface area contributed by atoms with Gasteiger partial charge in [0.2, 0.25) is 5.91 Å². The van der Waals surface area contributed by atoms with Gasteiger partial charge in [-0.3, -0.25) is 9.59 Å². The van der Waals surface area contributed by atoms with Gasteiger partial charge in [0.05, 0.1) is 32.3 Å². The van der Waals surface area contributed by atoms with E-state index in [1.54, 1.807) is 7.11 Å². The number of amides is 1. The number of ketones is 1. The van der Waals surface area contributed by atoms with E-state index in [1.807, 2.05) is 17.0 Å². The highest BCUT2D eigenvalue weighted by atomic mass is 16.5. The number of carbonyl (C=O) groups excluding carboxylic acids is 2. The van der Waals surface area contributed by atoms with Crippen molar-refractivity contribution in [1.29, 1.82) is 0 Å². The first-order valence-electron chi connectivity index (χ1n) is 9.27. The summed E-state index contributed by atoms with van der Waals surface area (Å²) >= 11 is 0. The number of rotatable bonds is 3. The fourth-order valence-corrected chi connectivity index (χ4v) is 4.64. The molecular formula is C20H25NO4. The quantitative estimate of drug-likeness (QED) is 0.845. The topological polar surface area (TPSA) is 55.8 Å². The molecule has 1 aliphatic heterocycles. The molecule has 1 saturated carbocycles. The fraction of sp³-hybridized carbons (Fsp3) is 0.600. The molecule has 5 heteroatoms. The van der Waals surface area contributed by atoms with Crippen molar-refractivity contribution in [2.24, 2.45) is 5.92 Å². The molecule has 3 aliphatic rings. The molecule has 3 atom stereocenters. The monoisotopic (exact) mass is 343 g/mol. The van der Waals surface area contributed by atoms with Gasteiger partial charge in [-0.2, -0.15) is 0 Å². The Morgan fingerprint density at radius 3 is 2.92 bits per heavy atom. The summed E-state index contributed by atoms with van der Waals surface area (Å²) in [6.07, 6.45) is 4.22. The maximum absolute atomic E-state index is 13.4. The smallest absolute Gasteiger partial charge is 0.230 e. The maximum Gasteiger partial charge on any atom is 0.230 e. The summed E-state index contributed by atoms with van der Waals surface area (Å²) in [5, 5.41) is 0. The number of benzene rings is 1. The number of ether oxygens (including phenoxy) is 2. The number of morpholine rings is 1. The van der Waals surface area contributed by atoms with Crippen LogP contribution in [0, 0.1) is 5.92 Å². The lowest BCUT2D eigenvalue weighted by Crippen LogP contribution is -2.54. The van der Waals surface area contributed by atoms with Gasteiger partial charge in [0.15, 0.2) is 0 Å². The van der Waals surface area contributed by atoms with Crippen molar-refractivity contribution in [3.8, 4) is 5.75 Å². The van der Waals surface area contributed by atoms with Gasteiger partial charge in [-0.25, -0.2) is 0 Å². The molecule has 3 unspecified atom stereocenters. The zero-order valence-electron chi connectivity index (χ0n) is 14.7. The normalized spacial score (nSPS) is 28.9. The third-order valence-electron chi connectivity index (χ3n) is 5.99. The molecule has 2 aliphatic carbocycles. The Balaban J connectivity index is 1.59. The Morgan fingerprint density at radius 2 is 2.16 bits per heavy atom. The standard InChI is InChI=1S/C20H25NO4/c1-24-14-7-5-13-6-8-15(17(13)11-14)20(23)21-9-10-25-12-18(21)16-3-2-4-19(16)22/h5,7,11,15-16,18H,2-4,6,8-10,12H2,1H3. The number of Topliss-reactive ketones (excluding diaryl/α,β-unsaturated/α-hetero) is 1. The summed E-state index contributed by atoms with van der Waals surface area (Å²) in [5.74, 6) is 1.07. The lowest BCUT2D eigenvalue weighted by Gasteiger charge is -2.39. The summed E-state index contributed by atoms with van der Waals surface area (Å²) in [5.41, 5.74) is 2.33. The molecule has 1 amide bonds. The lowest BCUT2D eigenvalue weighted by atomic mass is 9.92. The van der Waals surface area contributed by atoms with Crippen LogP contribution in [0.15, 0.2) is 18.2 Å². The van der Waals surface area contributed by atoms with Gasteiger partial charge in [-0.05, 0) is 48.9 Å². The molecule has 1 aromatic rings. The van der Waals surface area contributed by atoms with Crippen LogP contribution in [0.2, 0.25) is 0 Å². The second-order valence-electron chi connectivity index (χ2n) is 7.29. The van der Waals surface area contributed by atoms with Crippen LogP contribution >= 0.6 is 0 Å².